The number of amides is 2. The number of carboxylic acid groups (broad SMARTS) is 1. The second kappa shape index (κ2) is 13.7. The van der Waals surface area contributed by atoms with Crippen LogP contribution >= 0.6 is 23.2 Å². The van der Waals surface area contributed by atoms with Gasteiger partial charge in [0.05, 0.1) is 16.0 Å². The highest BCUT2D eigenvalue weighted by molar-refractivity contribution is 6.42. The van der Waals surface area contributed by atoms with Gasteiger partial charge in [0.15, 0.2) is 0 Å². The van der Waals surface area contributed by atoms with Crippen molar-refractivity contribution in [2.24, 2.45) is 0 Å². The van der Waals surface area contributed by atoms with Gasteiger partial charge in [-0.1, -0.05) is 43.5 Å². The summed E-state index contributed by atoms with van der Waals surface area (Å²) in [7, 11) is 2.12. The third kappa shape index (κ3) is 6.44. The lowest BCUT2D eigenvalue weighted by Gasteiger charge is -2.39. The maximum absolute atomic E-state index is 12.6. The van der Waals surface area contributed by atoms with Crippen molar-refractivity contribution in [3.8, 4) is 0 Å². The third-order valence-corrected chi connectivity index (χ3v) is 11.7. The number of carbonyl (C=O) groups is 4. The van der Waals surface area contributed by atoms with Gasteiger partial charge in [-0.2, -0.15) is 0 Å². The Labute approximate surface area is 307 Å². The summed E-state index contributed by atoms with van der Waals surface area (Å²) in [6, 6.07) is 12.2. The number of halogens is 2. The molecule has 3 aromatic rings. The largest absolute Gasteiger partial charge is 0.545 e. The van der Waals surface area contributed by atoms with Crippen LogP contribution in [0.4, 0.5) is 5.69 Å². The summed E-state index contributed by atoms with van der Waals surface area (Å²) in [6.07, 6.45) is 6.36. The Hall–Kier alpha value is -4.21. The second-order valence-corrected chi connectivity index (χ2v) is 15.4. The molecule has 0 atom stereocenters. The zero-order chi connectivity index (χ0) is 36.2. The molecular weight excluding hydrogens is 689 g/mol. The molecule has 1 saturated heterocycles. The summed E-state index contributed by atoms with van der Waals surface area (Å²) in [5, 5.41) is 15.9. The van der Waals surface area contributed by atoms with E-state index in [1.54, 1.807) is 6.07 Å². The zero-order valence-corrected chi connectivity index (χ0v) is 30.7. The predicted molar refractivity (Wildman–Crippen MR) is 193 cm³/mol. The highest BCUT2D eigenvalue weighted by Crippen LogP contribution is 2.45. The molecule has 0 saturated carbocycles. The van der Waals surface area contributed by atoms with Crippen molar-refractivity contribution in [2.75, 3.05) is 31.6 Å². The highest BCUT2D eigenvalue weighted by atomic mass is 35.5. The predicted octanol–water partition coefficient (Wildman–Crippen LogP) is 4.23. The number of benzene rings is 3. The topological polar surface area (TPSA) is 110 Å². The number of aromatic carboxylic acids is 1. The summed E-state index contributed by atoms with van der Waals surface area (Å²) in [4.78, 5) is 55.9. The van der Waals surface area contributed by atoms with Crippen molar-refractivity contribution in [2.45, 2.75) is 83.5 Å². The first-order valence-electron chi connectivity index (χ1n) is 17.8. The zero-order valence-electron chi connectivity index (χ0n) is 29.2. The van der Waals surface area contributed by atoms with Gasteiger partial charge in [0.25, 0.3) is 11.8 Å². The van der Waals surface area contributed by atoms with Crippen molar-refractivity contribution >= 4 is 58.2 Å². The van der Waals surface area contributed by atoms with Crippen LogP contribution < -0.4 is 25.2 Å². The lowest BCUT2D eigenvalue weighted by Crippen LogP contribution is -2.42. The number of imide groups is 1. The average Bonchev–Trinajstić information content (AvgIpc) is 3.40. The minimum absolute atomic E-state index is 0.00713. The van der Waals surface area contributed by atoms with Crippen LogP contribution in [0.15, 0.2) is 36.4 Å². The van der Waals surface area contributed by atoms with Gasteiger partial charge >= 0.3 is 5.97 Å². The number of nitrogens with zero attached hydrogens (tertiary/aromatic N) is 3. The molecule has 0 radical (unpaired) electrons. The maximum Gasteiger partial charge on any atom is 0.333 e. The molecule has 4 aliphatic rings. The molecule has 0 N–H and O–H groups in total. The minimum atomic E-state index is -1.31. The van der Waals surface area contributed by atoms with Crippen LogP contribution in [0.5, 0.6) is 0 Å². The number of rotatable bonds is 9. The van der Waals surface area contributed by atoms with Gasteiger partial charge < -0.3 is 19.6 Å². The van der Waals surface area contributed by atoms with Crippen molar-refractivity contribution in [1.29, 1.82) is 0 Å². The van der Waals surface area contributed by atoms with Crippen LogP contribution in [0, 0.1) is 0 Å². The van der Waals surface area contributed by atoms with Crippen LogP contribution in [0.2, 0.25) is 10.0 Å². The Kier molecular flexibility index (Phi) is 9.48. The fourth-order valence-corrected chi connectivity index (χ4v) is 8.59. The highest BCUT2D eigenvalue weighted by Gasteiger charge is 2.37. The number of carboxylic acids is 1. The molecule has 0 aromatic heterocycles. The van der Waals surface area contributed by atoms with Gasteiger partial charge in [0, 0.05) is 67.1 Å². The summed E-state index contributed by atoms with van der Waals surface area (Å²) in [5.41, 5.74) is 7.77. The normalized spacial score (nSPS) is 17.6. The molecule has 3 aliphatic heterocycles. The van der Waals surface area contributed by atoms with Crippen molar-refractivity contribution in [3.63, 3.8) is 0 Å². The molecule has 0 bridgehead atoms. The van der Waals surface area contributed by atoms with Gasteiger partial charge in [-0.3, -0.25) is 9.59 Å². The van der Waals surface area contributed by atoms with E-state index in [4.69, 9.17) is 28.0 Å². The van der Waals surface area contributed by atoms with E-state index < -0.39 is 29.2 Å². The minimum Gasteiger partial charge on any atom is -0.545 e. The molecule has 0 spiro atoms. The van der Waals surface area contributed by atoms with E-state index in [0.29, 0.717) is 17.0 Å². The quantitative estimate of drug-likeness (QED) is 0.184. The van der Waals surface area contributed by atoms with E-state index in [1.807, 2.05) is 0 Å². The molecule has 1 fully saturated rings. The first kappa shape index (κ1) is 35.2. The van der Waals surface area contributed by atoms with E-state index in [9.17, 15) is 24.3 Å². The molecule has 1 aliphatic carbocycles. The number of hydrogen-bond acceptors (Lipinski definition) is 7. The number of hydrogen-bond donors (Lipinski definition) is 0. The number of carbonyl (C=O) groups excluding carboxylic acids is 4. The standard InChI is InChI=1S/C40H41Cl2N3O6/c1-40(2)29-21-33-23(9-7-14-43(33)3)17-27(29)38(25-19-31(41)32(42)20-26(25)39(49)50)28-18-24-10-8-16-44(34(24)22-30(28)40)15-6-4-5-11-37(48)51-45-35(46)12-13-36(45)47/h17-22H,4-16H2,1-3H3. The molecular formula is C40H41Cl2N3O6. The number of fused-ring (bicyclic) bond motifs is 4. The SMILES string of the molecule is C[N+]1=c2cc3c(cc2CCC1)=C(c1cc(Cl)c(Cl)cc1C(=O)[O-])c1cc2c(cc1C3(C)C)N(CCCCCC(=O)ON1C(=O)CCC1=O)CCC2. The molecule has 3 heterocycles. The van der Waals surface area contributed by atoms with E-state index in [-0.39, 0.29) is 34.9 Å². The molecule has 0 unspecified atom stereocenters. The van der Waals surface area contributed by atoms with Crippen molar-refractivity contribution in [1.82, 2.24) is 9.64 Å². The third-order valence-electron chi connectivity index (χ3n) is 10.9. The fourth-order valence-electron chi connectivity index (χ4n) is 8.26. The second-order valence-electron chi connectivity index (χ2n) is 14.6. The van der Waals surface area contributed by atoms with Gasteiger partial charge in [0.1, 0.15) is 13.6 Å². The fraction of sp³-hybridized carbons (Fsp3) is 0.425. The number of anilines is 1. The van der Waals surface area contributed by atoms with Gasteiger partial charge in [-0.15, -0.1) is 5.06 Å². The summed E-state index contributed by atoms with van der Waals surface area (Å²) < 4.78 is 2.30. The molecule has 9 nitrogen and oxygen atoms in total. The van der Waals surface area contributed by atoms with Crippen LogP contribution in [0.1, 0.15) is 109 Å². The van der Waals surface area contributed by atoms with Crippen LogP contribution in [-0.4, -0.2) is 55.5 Å². The maximum atomic E-state index is 12.6. The van der Waals surface area contributed by atoms with Crippen molar-refractivity contribution < 1.29 is 29.1 Å². The van der Waals surface area contributed by atoms with E-state index in [1.165, 1.54) is 28.2 Å². The van der Waals surface area contributed by atoms with Crippen LogP contribution in [0.25, 0.3) is 5.57 Å². The van der Waals surface area contributed by atoms with Crippen LogP contribution in [0.3, 0.4) is 0 Å². The Bertz CT molecular complexity index is 2130. The lowest BCUT2D eigenvalue weighted by atomic mass is 9.67. The van der Waals surface area contributed by atoms with E-state index in [0.717, 1.165) is 85.6 Å². The monoisotopic (exact) mass is 729 g/mol. The molecule has 2 amide bonds. The lowest BCUT2D eigenvalue weighted by molar-refractivity contribution is -0.255. The first-order chi connectivity index (χ1) is 24.3. The van der Waals surface area contributed by atoms with E-state index >= 15 is 0 Å². The molecule has 51 heavy (non-hydrogen) atoms. The van der Waals surface area contributed by atoms with Gasteiger partial charge in [-0.05, 0) is 101 Å². The Balaban J connectivity index is 1.24. The van der Waals surface area contributed by atoms with Gasteiger partial charge in [0.2, 0.25) is 5.36 Å². The Morgan fingerprint density at radius 3 is 2.33 bits per heavy atom. The summed E-state index contributed by atoms with van der Waals surface area (Å²) >= 11 is 13.0. The van der Waals surface area contributed by atoms with Crippen molar-refractivity contribution in [3.05, 3.63) is 96.0 Å². The first-order valence-corrected chi connectivity index (χ1v) is 18.6. The molecule has 3 aromatic carbocycles. The number of hydroxylamine groups is 2. The van der Waals surface area contributed by atoms with Crippen LogP contribution in [-0.2, 0) is 37.5 Å². The van der Waals surface area contributed by atoms with Gasteiger partial charge in [-0.25, -0.2) is 9.37 Å². The summed E-state index contributed by atoms with van der Waals surface area (Å²) in [6.45, 7) is 7.17. The molecule has 7 rings (SSSR count). The number of aryl methyl sites for hydroxylation is 2. The summed E-state index contributed by atoms with van der Waals surface area (Å²) in [5.74, 6) is -2.83. The molecule has 11 heteroatoms. The number of unbranched alkanes of at least 4 members (excludes halogenated alkanes) is 2. The van der Waals surface area contributed by atoms with E-state index in [2.05, 4.69) is 54.6 Å². The Morgan fingerprint density at radius 1 is 0.863 bits per heavy atom. The Morgan fingerprint density at radius 2 is 1.59 bits per heavy atom. The smallest absolute Gasteiger partial charge is 0.333 e. The molecule has 266 valence electrons. The average molecular weight is 731 g/mol.